The van der Waals surface area contributed by atoms with Crippen molar-refractivity contribution >= 4 is 52.6 Å². The highest BCUT2D eigenvalue weighted by Gasteiger charge is 2.53. The number of imide groups is 1. The molecule has 1 saturated heterocycles. The molecular weight excluding hydrogens is 391 g/mol. The Morgan fingerprint density at radius 3 is 2.67 bits per heavy atom. The number of halogens is 2. The van der Waals surface area contributed by atoms with E-state index in [4.69, 9.17) is 23.2 Å². The Hall–Kier alpha value is -2.45. The second-order valence-corrected chi connectivity index (χ2v) is 7.51. The topological polar surface area (TPSA) is 71.6 Å². The second-order valence-electron chi connectivity index (χ2n) is 6.67. The first-order valence-corrected chi connectivity index (χ1v) is 9.06. The lowest BCUT2D eigenvalue weighted by atomic mass is 10.1. The van der Waals surface area contributed by atoms with Gasteiger partial charge in [-0.15, -0.1) is 10.1 Å². The summed E-state index contributed by atoms with van der Waals surface area (Å²) in [5.74, 6) is 0.635. The number of hydrogen-bond donors (Lipinski definition) is 0. The summed E-state index contributed by atoms with van der Waals surface area (Å²) in [5, 5.41) is 7.35. The summed E-state index contributed by atoms with van der Waals surface area (Å²) in [4.78, 5) is 32.1. The van der Waals surface area contributed by atoms with Crippen molar-refractivity contribution in [3.8, 4) is 0 Å². The van der Waals surface area contributed by atoms with Gasteiger partial charge in [0.2, 0.25) is 11.9 Å². The van der Waals surface area contributed by atoms with E-state index in [9.17, 15) is 9.59 Å². The lowest BCUT2D eigenvalue weighted by Crippen LogP contribution is -2.62. The molecule has 3 aliphatic heterocycles. The van der Waals surface area contributed by atoms with Crippen LogP contribution in [0.5, 0.6) is 0 Å². The zero-order chi connectivity index (χ0) is 19.5. The Balaban J connectivity index is 1.74. The van der Waals surface area contributed by atoms with Crippen LogP contribution in [0.15, 0.2) is 28.3 Å². The first-order chi connectivity index (χ1) is 12.8. The summed E-state index contributed by atoms with van der Waals surface area (Å²) in [6.45, 7) is 2.71. The number of carbonyl (C=O) groups excluding carboxylic acids is 2. The number of amides is 3. The number of aliphatic imine (C=N–C) groups is 1. The molecule has 0 saturated carbocycles. The van der Waals surface area contributed by atoms with Crippen molar-refractivity contribution in [2.45, 2.75) is 19.5 Å². The van der Waals surface area contributed by atoms with Crippen molar-refractivity contribution in [3.05, 3.63) is 33.8 Å². The fourth-order valence-electron chi connectivity index (χ4n) is 3.40. The van der Waals surface area contributed by atoms with Gasteiger partial charge in [0.25, 0.3) is 5.91 Å². The predicted octanol–water partition coefficient (Wildman–Crippen LogP) is 1.86. The van der Waals surface area contributed by atoms with E-state index in [0.717, 1.165) is 16.2 Å². The van der Waals surface area contributed by atoms with Gasteiger partial charge in [-0.05, 0) is 19.1 Å². The van der Waals surface area contributed by atoms with Gasteiger partial charge in [0, 0.05) is 29.7 Å². The van der Waals surface area contributed by atoms with E-state index in [1.54, 1.807) is 24.2 Å². The van der Waals surface area contributed by atoms with Gasteiger partial charge in [-0.3, -0.25) is 14.6 Å². The number of nitrogens with zero attached hydrogens (tertiary/aromatic N) is 6. The molecule has 10 heteroatoms. The number of hydrogen-bond acceptors (Lipinski definition) is 5. The highest BCUT2D eigenvalue weighted by molar-refractivity contribution is 6.35. The van der Waals surface area contributed by atoms with E-state index in [0.29, 0.717) is 34.9 Å². The Labute approximate surface area is 166 Å². The summed E-state index contributed by atoms with van der Waals surface area (Å²) in [5.41, 5.74) is 1.66. The van der Waals surface area contributed by atoms with Gasteiger partial charge in [-0.25, -0.2) is 9.37 Å². The van der Waals surface area contributed by atoms with Gasteiger partial charge >= 0.3 is 12.0 Å². The van der Waals surface area contributed by atoms with Crippen molar-refractivity contribution in [1.29, 1.82) is 0 Å². The van der Waals surface area contributed by atoms with Crippen molar-refractivity contribution in [3.63, 3.8) is 0 Å². The fourth-order valence-corrected chi connectivity index (χ4v) is 3.87. The van der Waals surface area contributed by atoms with Crippen LogP contribution in [0.25, 0.3) is 0 Å². The molecule has 0 spiro atoms. The van der Waals surface area contributed by atoms with E-state index in [1.165, 1.54) is 11.9 Å². The van der Waals surface area contributed by atoms with Crippen LogP contribution in [0.1, 0.15) is 12.5 Å². The zero-order valence-electron chi connectivity index (χ0n) is 15.0. The minimum Gasteiger partial charge on any atom is -0.270 e. The number of carbonyl (C=O) groups is 2. The third kappa shape index (κ3) is 2.80. The number of urea groups is 1. The van der Waals surface area contributed by atoms with Crippen molar-refractivity contribution < 1.29 is 14.2 Å². The molecule has 3 amide bonds. The molecule has 140 valence electrons. The van der Waals surface area contributed by atoms with Crippen LogP contribution in [0.3, 0.4) is 0 Å². The van der Waals surface area contributed by atoms with E-state index in [2.05, 4.69) is 10.1 Å². The van der Waals surface area contributed by atoms with Crippen molar-refractivity contribution in [1.82, 2.24) is 14.8 Å². The quantitative estimate of drug-likeness (QED) is 0.702. The number of fused-ring (bicyclic) bond motifs is 2. The van der Waals surface area contributed by atoms with Crippen LogP contribution in [0, 0.1) is 0 Å². The summed E-state index contributed by atoms with van der Waals surface area (Å²) < 4.78 is 1.86. The first-order valence-electron chi connectivity index (χ1n) is 8.31. The molecule has 1 aromatic carbocycles. The number of benzene rings is 1. The van der Waals surface area contributed by atoms with Crippen LogP contribution >= 0.6 is 23.2 Å². The van der Waals surface area contributed by atoms with Crippen molar-refractivity contribution in [2.24, 2.45) is 10.1 Å². The molecule has 1 fully saturated rings. The maximum absolute atomic E-state index is 12.7. The highest BCUT2D eigenvalue weighted by Crippen LogP contribution is 2.26. The Bertz CT molecular complexity index is 970. The molecule has 8 nitrogen and oxygen atoms in total. The lowest BCUT2D eigenvalue weighted by molar-refractivity contribution is -0.528. The maximum Gasteiger partial charge on any atom is 0.417 e. The number of hydrazone groups is 1. The molecule has 0 bridgehead atoms. The van der Waals surface area contributed by atoms with Crippen LogP contribution in [-0.2, 0) is 11.3 Å². The molecule has 0 aromatic heterocycles. The van der Waals surface area contributed by atoms with Gasteiger partial charge in [-0.2, -0.15) is 0 Å². The van der Waals surface area contributed by atoms with Crippen molar-refractivity contribution in [2.75, 3.05) is 20.6 Å². The average Bonchev–Trinajstić information content (AvgIpc) is 3.00. The first kappa shape index (κ1) is 17.9. The number of amidine groups is 1. The largest absolute Gasteiger partial charge is 0.417 e. The fraction of sp³-hybridized carbons (Fsp3) is 0.353. The molecule has 1 atom stereocenters. The zero-order valence-corrected chi connectivity index (χ0v) is 16.5. The normalized spacial score (nSPS) is 22.1. The van der Waals surface area contributed by atoms with Gasteiger partial charge in [0.05, 0.1) is 5.71 Å². The van der Waals surface area contributed by atoms with E-state index < -0.39 is 12.1 Å². The minimum atomic E-state index is -0.638. The minimum absolute atomic E-state index is 0.300. The van der Waals surface area contributed by atoms with Crippen LogP contribution < -0.4 is 0 Å². The summed E-state index contributed by atoms with van der Waals surface area (Å²) in [6, 6.07) is 4.23. The van der Waals surface area contributed by atoms with Gasteiger partial charge in [0.15, 0.2) is 0 Å². The number of rotatable bonds is 2. The maximum atomic E-state index is 12.7. The van der Waals surface area contributed by atoms with Gasteiger partial charge < -0.3 is 0 Å². The van der Waals surface area contributed by atoms with E-state index in [1.807, 2.05) is 17.6 Å². The molecule has 3 aliphatic rings. The molecule has 4 rings (SSSR count). The lowest BCUT2D eigenvalue weighted by Gasteiger charge is -2.32. The molecule has 27 heavy (non-hydrogen) atoms. The molecular formula is C17H17Cl2N6O2+. The number of guanidine groups is 1. The third-order valence-electron chi connectivity index (χ3n) is 4.77. The summed E-state index contributed by atoms with van der Waals surface area (Å²) >= 11 is 12.3. The summed E-state index contributed by atoms with van der Waals surface area (Å²) in [6.07, 6.45) is 0. The molecule has 3 heterocycles. The second kappa shape index (κ2) is 6.31. The highest BCUT2D eigenvalue weighted by atomic mass is 35.5. The molecule has 1 unspecified atom stereocenters. The van der Waals surface area contributed by atoms with E-state index >= 15 is 0 Å². The van der Waals surface area contributed by atoms with Crippen LogP contribution in [-0.4, -0.2) is 75.5 Å². The average molecular weight is 408 g/mol. The smallest absolute Gasteiger partial charge is 0.270 e. The Morgan fingerprint density at radius 2 is 1.96 bits per heavy atom. The molecule has 0 aliphatic carbocycles. The SMILES string of the molecule is CC1=NN(Cc2ccc(Cl)cc2Cl)C2=[N+](C1)C1C(=O)N(C)C(=O)N(C)C1=N2. The van der Waals surface area contributed by atoms with Gasteiger partial charge in [-0.1, -0.05) is 34.3 Å². The molecule has 0 N–H and O–H groups in total. The predicted molar refractivity (Wildman–Crippen MR) is 102 cm³/mol. The molecule has 1 aromatic rings. The third-order valence-corrected chi connectivity index (χ3v) is 5.35. The monoisotopic (exact) mass is 407 g/mol. The Morgan fingerprint density at radius 1 is 1.22 bits per heavy atom. The van der Waals surface area contributed by atoms with Gasteiger partial charge in [0.1, 0.15) is 13.1 Å². The number of likely N-dealkylation sites (N-methyl/N-ethyl adjacent to an activating group) is 2. The summed E-state index contributed by atoms with van der Waals surface area (Å²) in [7, 11) is 3.09. The standard InChI is InChI=1S/C17H17Cl2N6O2/c1-9-7-24-13-14(22(2)17(27)23(3)15(13)26)20-16(24)25(21-9)8-10-4-5-11(18)6-12(10)19/h4-6,13H,7-8H2,1-3H3/q+1. The molecule has 0 radical (unpaired) electrons. The Kier molecular flexibility index (Phi) is 4.20. The van der Waals surface area contributed by atoms with Crippen LogP contribution in [0.4, 0.5) is 4.79 Å². The van der Waals surface area contributed by atoms with E-state index in [-0.39, 0.29) is 5.91 Å². The van der Waals surface area contributed by atoms with Crippen LogP contribution in [0.2, 0.25) is 10.0 Å².